The predicted octanol–water partition coefficient (Wildman–Crippen LogP) is 3.05. The van der Waals surface area contributed by atoms with Crippen molar-refractivity contribution < 1.29 is 12.7 Å². The fourth-order valence-corrected chi connectivity index (χ4v) is 1.96. The number of hydrogen-bond acceptors (Lipinski definition) is 4. The first kappa shape index (κ1) is 14.3. The van der Waals surface area contributed by atoms with Gasteiger partial charge in [-0.3, -0.25) is 4.28 Å². The Labute approximate surface area is 118 Å². The zero-order valence-corrected chi connectivity index (χ0v) is 12.1. The Bertz CT molecular complexity index is 705. The Kier molecular flexibility index (Phi) is 4.20. The third kappa shape index (κ3) is 3.93. The Morgan fingerprint density at radius 3 is 2.05 bits per heavy atom. The van der Waals surface area contributed by atoms with Crippen LogP contribution in [0.15, 0.2) is 59.8 Å². The Morgan fingerprint density at radius 2 is 1.50 bits per heavy atom. The van der Waals surface area contributed by atoms with Gasteiger partial charge in [0.1, 0.15) is 0 Å². The number of hydrogen-bond donors (Lipinski definition) is 0. The molecule has 4 nitrogen and oxygen atoms in total. The number of benzene rings is 2. The standard InChI is InChI=1S/C15H15NO3S/c1-12(16-19-20(2,17)18)13-8-10-15(11-9-13)14-6-4-3-5-7-14/h3-11H,1-2H3. The van der Waals surface area contributed by atoms with E-state index in [1.54, 1.807) is 6.92 Å². The van der Waals surface area contributed by atoms with Gasteiger partial charge in [0, 0.05) is 0 Å². The molecule has 0 saturated heterocycles. The van der Waals surface area contributed by atoms with Crippen LogP contribution in [0.1, 0.15) is 12.5 Å². The van der Waals surface area contributed by atoms with Crippen LogP contribution in [0, 0.1) is 0 Å². The summed E-state index contributed by atoms with van der Waals surface area (Å²) in [5.41, 5.74) is 3.54. The van der Waals surface area contributed by atoms with E-state index < -0.39 is 10.1 Å². The first-order valence-electron chi connectivity index (χ1n) is 6.05. The van der Waals surface area contributed by atoms with Crippen LogP contribution in [0.2, 0.25) is 0 Å². The summed E-state index contributed by atoms with van der Waals surface area (Å²) >= 11 is 0. The van der Waals surface area contributed by atoms with Crippen molar-refractivity contribution in [3.8, 4) is 11.1 Å². The summed E-state index contributed by atoms with van der Waals surface area (Å²) < 4.78 is 26.2. The first-order chi connectivity index (χ1) is 9.46. The van der Waals surface area contributed by atoms with Gasteiger partial charge in [-0.15, -0.1) is 0 Å². The molecule has 0 unspecified atom stereocenters. The molecule has 0 bridgehead atoms. The summed E-state index contributed by atoms with van der Waals surface area (Å²) in [7, 11) is -3.57. The third-order valence-corrected chi connectivity index (χ3v) is 3.06. The van der Waals surface area contributed by atoms with Crippen LogP contribution in [0.25, 0.3) is 11.1 Å². The van der Waals surface area contributed by atoms with Crippen LogP contribution in [-0.4, -0.2) is 20.4 Å². The molecule has 2 aromatic carbocycles. The maximum atomic E-state index is 10.9. The lowest BCUT2D eigenvalue weighted by atomic mass is 10.0. The van der Waals surface area contributed by atoms with Crippen LogP contribution in [0.5, 0.6) is 0 Å². The molecule has 0 aliphatic rings. The summed E-state index contributed by atoms with van der Waals surface area (Å²) in [5.74, 6) is 0. The number of rotatable bonds is 4. The van der Waals surface area contributed by atoms with Gasteiger partial charge >= 0.3 is 10.1 Å². The van der Waals surface area contributed by atoms with Gasteiger partial charge in [0.2, 0.25) is 0 Å². The third-order valence-electron chi connectivity index (χ3n) is 2.72. The highest BCUT2D eigenvalue weighted by Gasteiger charge is 2.03. The summed E-state index contributed by atoms with van der Waals surface area (Å²) in [4.78, 5) is 0. The molecule has 2 aromatic rings. The molecule has 0 amide bonds. The molecule has 0 radical (unpaired) electrons. The second kappa shape index (κ2) is 5.88. The lowest BCUT2D eigenvalue weighted by Crippen LogP contribution is -2.01. The van der Waals surface area contributed by atoms with Gasteiger partial charge in [0.05, 0.1) is 12.0 Å². The van der Waals surface area contributed by atoms with Crippen LogP contribution >= 0.6 is 0 Å². The summed E-state index contributed by atoms with van der Waals surface area (Å²) in [6.07, 6.45) is 0.961. The Hall–Kier alpha value is -2.14. The van der Waals surface area contributed by atoms with E-state index in [2.05, 4.69) is 9.44 Å². The molecule has 5 heteroatoms. The fourth-order valence-electron chi connectivity index (χ4n) is 1.71. The van der Waals surface area contributed by atoms with Gasteiger partial charge in [0.15, 0.2) is 0 Å². The molecule has 0 heterocycles. The fraction of sp³-hybridized carbons (Fsp3) is 0.133. The average Bonchev–Trinajstić information content (AvgIpc) is 2.45. The smallest absolute Gasteiger partial charge is 0.268 e. The molecule has 0 N–H and O–H groups in total. The van der Waals surface area contributed by atoms with E-state index >= 15 is 0 Å². The average molecular weight is 289 g/mol. The highest BCUT2D eigenvalue weighted by atomic mass is 32.2. The lowest BCUT2D eigenvalue weighted by Gasteiger charge is -2.04. The molecule has 0 spiro atoms. The number of nitrogens with zero attached hydrogens (tertiary/aromatic N) is 1. The second-order valence-electron chi connectivity index (χ2n) is 4.40. The van der Waals surface area contributed by atoms with Crippen molar-refractivity contribution >= 4 is 15.8 Å². The molecule has 0 saturated carbocycles. The minimum atomic E-state index is -3.57. The van der Waals surface area contributed by atoms with Crippen LogP contribution in [0.4, 0.5) is 0 Å². The van der Waals surface area contributed by atoms with Gasteiger partial charge in [-0.05, 0) is 23.6 Å². The van der Waals surface area contributed by atoms with Crippen molar-refractivity contribution in [3.05, 3.63) is 60.2 Å². The van der Waals surface area contributed by atoms with E-state index in [-0.39, 0.29) is 0 Å². The molecular weight excluding hydrogens is 274 g/mol. The largest absolute Gasteiger partial charge is 0.325 e. The molecular formula is C15H15NO3S. The topological polar surface area (TPSA) is 55.7 Å². The van der Waals surface area contributed by atoms with Crippen LogP contribution in [0.3, 0.4) is 0 Å². The molecule has 0 aliphatic heterocycles. The maximum Gasteiger partial charge on any atom is 0.325 e. The second-order valence-corrected chi connectivity index (χ2v) is 5.96. The van der Waals surface area contributed by atoms with Gasteiger partial charge < -0.3 is 0 Å². The van der Waals surface area contributed by atoms with Crippen LogP contribution < -0.4 is 0 Å². The highest BCUT2D eigenvalue weighted by Crippen LogP contribution is 2.19. The van der Waals surface area contributed by atoms with E-state index in [9.17, 15) is 8.42 Å². The minimum absolute atomic E-state index is 0.509. The van der Waals surface area contributed by atoms with Gasteiger partial charge in [-0.2, -0.15) is 8.42 Å². The van der Waals surface area contributed by atoms with E-state index in [0.717, 1.165) is 22.9 Å². The molecule has 104 valence electrons. The molecule has 0 fully saturated rings. The monoisotopic (exact) mass is 289 g/mol. The zero-order chi connectivity index (χ0) is 14.6. The van der Waals surface area contributed by atoms with Gasteiger partial charge in [0.25, 0.3) is 0 Å². The molecule has 0 aliphatic carbocycles. The molecule has 0 atom stereocenters. The number of oxime groups is 1. The van der Waals surface area contributed by atoms with E-state index in [0.29, 0.717) is 5.71 Å². The zero-order valence-electron chi connectivity index (χ0n) is 11.3. The maximum absolute atomic E-state index is 10.9. The van der Waals surface area contributed by atoms with E-state index in [4.69, 9.17) is 0 Å². The van der Waals surface area contributed by atoms with Crippen molar-refractivity contribution in [1.29, 1.82) is 0 Å². The van der Waals surface area contributed by atoms with E-state index in [1.165, 1.54) is 0 Å². The van der Waals surface area contributed by atoms with Crippen molar-refractivity contribution in [2.45, 2.75) is 6.92 Å². The van der Waals surface area contributed by atoms with Gasteiger partial charge in [-0.25, -0.2) is 0 Å². The summed E-state index contributed by atoms with van der Waals surface area (Å²) in [6.45, 7) is 1.70. The van der Waals surface area contributed by atoms with Crippen LogP contribution in [-0.2, 0) is 14.4 Å². The Morgan fingerprint density at radius 1 is 0.950 bits per heavy atom. The SMILES string of the molecule is CC(=NOS(C)(=O)=O)c1ccc(-c2ccccc2)cc1. The van der Waals surface area contributed by atoms with E-state index in [1.807, 2.05) is 54.6 Å². The Balaban J connectivity index is 2.20. The predicted molar refractivity (Wildman–Crippen MR) is 80.0 cm³/mol. The normalized spacial score (nSPS) is 12.2. The van der Waals surface area contributed by atoms with Gasteiger partial charge in [-0.1, -0.05) is 59.8 Å². The molecule has 20 heavy (non-hydrogen) atoms. The van der Waals surface area contributed by atoms with Crippen molar-refractivity contribution in [2.75, 3.05) is 6.26 Å². The van der Waals surface area contributed by atoms with Crippen molar-refractivity contribution in [3.63, 3.8) is 0 Å². The summed E-state index contributed by atoms with van der Waals surface area (Å²) in [6, 6.07) is 17.7. The highest BCUT2D eigenvalue weighted by molar-refractivity contribution is 7.85. The minimum Gasteiger partial charge on any atom is -0.268 e. The molecule has 0 aromatic heterocycles. The summed E-state index contributed by atoms with van der Waals surface area (Å²) in [5, 5.41) is 3.60. The lowest BCUT2D eigenvalue weighted by molar-refractivity contribution is 0.343. The first-order valence-corrected chi connectivity index (χ1v) is 7.86. The molecule has 2 rings (SSSR count). The van der Waals surface area contributed by atoms with Crippen molar-refractivity contribution in [1.82, 2.24) is 0 Å². The van der Waals surface area contributed by atoms with Crippen molar-refractivity contribution in [2.24, 2.45) is 5.16 Å². The quantitative estimate of drug-likeness (QED) is 0.642.